The van der Waals surface area contributed by atoms with Crippen molar-refractivity contribution in [2.75, 3.05) is 18.9 Å². The number of carbonyl (C=O) groups excluding carboxylic acids is 2. The fraction of sp³-hybridized carbons (Fsp3) is 0.467. The van der Waals surface area contributed by atoms with Gasteiger partial charge in [0.05, 0.1) is 13.2 Å². The van der Waals surface area contributed by atoms with Crippen LogP contribution in [0, 0.1) is 5.41 Å². The van der Waals surface area contributed by atoms with Crippen molar-refractivity contribution in [1.29, 1.82) is 0 Å². The average Bonchev–Trinajstić information content (AvgIpc) is 2.79. The van der Waals surface area contributed by atoms with E-state index in [0.29, 0.717) is 12.1 Å². The van der Waals surface area contributed by atoms with Crippen LogP contribution in [0.4, 0.5) is 5.69 Å². The molecule has 2 rings (SSSR count). The van der Waals surface area contributed by atoms with Crippen LogP contribution in [0.1, 0.15) is 25.0 Å². The number of benzene rings is 1. The Balaban J connectivity index is 2.37. The SMILES string of the molecule is CCOC(=O)C1(C(=O)OCC)Cc2ccc(N)cc2C1. The fourth-order valence-electron chi connectivity index (χ4n) is 2.61. The Kier molecular flexibility index (Phi) is 3.97. The molecule has 1 aromatic rings. The maximum Gasteiger partial charge on any atom is 0.324 e. The first kappa shape index (κ1) is 14.4. The summed E-state index contributed by atoms with van der Waals surface area (Å²) in [6.07, 6.45) is 0.589. The van der Waals surface area contributed by atoms with Crippen LogP contribution in [0.2, 0.25) is 0 Å². The molecule has 0 saturated carbocycles. The molecule has 1 aliphatic rings. The summed E-state index contributed by atoms with van der Waals surface area (Å²) in [7, 11) is 0. The van der Waals surface area contributed by atoms with Gasteiger partial charge in [-0.15, -0.1) is 0 Å². The Hall–Kier alpha value is -2.04. The van der Waals surface area contributed by atoms with Crippen LogP contribution < -0.4 is 5.73 Å². The summed E-state index contributed by atoms with van der Waals surface area (Å²) in [5.41, 5.74) is 6.97. The molecule has 0 saturated heterocycles. The summed E-state index contributed by atoms with van der Waals surface area (Å²) in [5, 5.41) is 0. The molecule has 0 heterocycles. The third kappa shape index (κ3) is 2.35. The molecular formula is C15H19NO4. The van der Waals surface area contributed by atoms with E-state index in [1.54, 1.807) is 26.0 Å². The highest BCUT2D eigenvalue weighted by atomic mass is 16.6. The summed E-state index contributed by atoms with van der Waals surface area (Å²) >= 11 is 0. The van der Waals surface area contributed by atoms with Gasteiger partial charge < -0.3 is 15.2 Å². The van der Waals surface area contributed by atoms with Crippen LogP contribution >= 0.6 is 0 Å². The van der Waals surface area contributed by atoms with Crippen LogP contribution in [-0.2, 0) is 31.9 Å². The molecule has 2 N–H and O–H groups in total. The van der Waals surface area contributed by atoms with Gasteiger partial charge in [0.2, 0.25) is 0 Å². The molecule has 0 aromatic heterocycles. The van der Waals surface area contributed by atoms with Crippen molar-refractivity contribution < 1.29 is 19.1 Å². The Labute approximate surface area is 118 Å². The predicted molar refractivity (Wildman–Crippen MR) is 74.0 cm³/mol. The Morgan fingerprint density at radius 1 is 1.10 bits per heavy atom. The second kappa shape index (κ2) is 5.53. The summed E-state index contributed by atoms with van der Waals surface area (Å²) < 4.78 is 10.2. The lowest BCUT2D eigenvalue weighted by molar-refractivity contribution is -0.171. The zero-order valence-corrected chi connectivity index (χ0v) is 11.8. The normalized spacial score (nSPS) is 15.5. The molecule has 5 nitrogen and oxygen atoms in total. The smallest absolute Gasteiger partial charge is 0.324 e. The highest BCUT2D eigenvalue weighted by Crippen LogP contribution is 2.40. The zero-order chi connectivity index (χ0) is 14.8. The topological polar surface area (TPSA) is 78.6 Å². The van der Waals surface area contributed by atoms with Crippen molar-refractivity contribution in [2.45, 2.75) is 26.7 Å². The number of hydrogen-bond acceptors (Lipinski definition) is 5. The molecule has 5 heteroatoms. The number of esters is 2. The van der Waals surface area contributed by atoms with Gasteiger partial charge in [-0.05, 0) is 49.9 Å². The molecule has 0 spiro atoms. The van der Waals surface area contributed by atoms with E-state index in [9.17, 15) is 9.59 Å². The minimum atomic E-state index is -1.26. The number of nitrogens with two attached hydrogens (primary N) is 1. The standard InChI is InChI=1S/C15H19NO4/c1-3-19-13(17)15(14(18)20-4-2)8-10-5-6-12(16)7-11(10)9-15/h5-7H,3-4,8-9,16H2,1-2H3. The predicted octanol–water partition coefficient (Wildman–Crippen LogP) is 1.48. The van der Waals surface area contributed by atoms with E-state index in [2.05, 4.69) is 0 Å². The summed E-state index contributed by atoms with van der Waals surface area (Å²) in [6.45, 7) is 3.91. The van der Waals surface area contributed by atoms with E-state index in [-0.39, 0.29) is 19.6 Å². The number of fused-ring (bicyclic) bond motifs is 1. The number of anilines is 1. The molecule has 0 bridgehead atoms. The second-order valence-corrected chi connectivity index (χ2v) is 4.90. The summed E-state index contributed by atoms with van der Waals surface area (Å²) in [4.78, 5) is 24.6. The zero-order valence-electron chi connectivity index (χ0n) is 11.8. The van der Waals surface area contributed by atoms with Crippen molar-refractivity contribution in [3.05, 3.63) is 29.3 Å². The molecule has 1 aromatic carbocycles. The van der Waals surface area contributed by atoms with Crippen LogP contribution in [-0.4, -0.2) is 25.2 Å². The Morgan fingerprint density at radius 3 is 2.20 bits per heavy atom. The van der Waals surface area contributed by atoms with Gasteiger partial charge in [0.1, 0.15) is 0 Å². The molecule has 0 radical (unpaired) electrons. The Morgan fingerprint density at radius 2 is 1.65 bits per heavy atom. The van der Waals surface area contributed by atoms with E-state index in [0.717, 1.165) is 11.1 Å². The number of carbonyl (C=O) groups is 2. The molecule has 20 heavy (non-hydrogen) atoms. The molecular weight excluding hydrogens is 258 g/mol. The first-order valence-electron chi connectivity index (χ1n) is 6.75. The quantitative estimate of drug-likeness (QED) is 0.512. The largest absolute Gasteiger partial charge is 0.465 e. The van der Waals surface area contributed by atoms with Crippen LogP contribution in [0.3, 0.4) is 0 Å². The van der Waals surface area contributed by atoms with Crippen LogP contribution in [0.25, 0.3) is 0 Å². The minimum absolute atomic E-state index is 0.235. The maximum absolute atomic E-state index is 12.3. The Bertz CT molecular complexity index is 521. The fourth-order valence-corrected chi connectivity index (χ4v) is 2.61. The molecule has 0 atom stereocenters. The van der Waals surface area contributed by atoms with E-state index in [1.807, 2.05) is 6.07 Å². The number of ether oxygens (including phenoxy) is 2. The van der Waals surface area contributed by atoms with Crippen molar-refractivity contribution >= 4 is 17.6 Å². The van der Waals surface area contributed by atoms with E-state index in [1.165, 1.54) is 0 Å². The molecule has 0 amide bonds. The van der Waals surface area contributed by atoms with Gasteiger partial charge in [-0.3, -0.25) is 9.59 Å². The number of nitrogen functional groups attached to an aromatic ring is 1. The first-order valence-corrected chi connectivity index (χ1v) is 6.75. The van der Waals surface area contributed by atoms with Crippen molar-refractivity contribution in [3.63, 3.8) is 0 Å². The lowest BCUT2D eigenvalue weighted by atomic mass is 9.85. The van der Waals surface area contributed by atoms with E-state index >= 15 is 0 Å². The lowest BCUT2D eigenvalue weighted by Crippen LogP contribution is -2.43. The summed E-state index contributed by atoms with van der Waals surface area (Å²) in [5.74, 6) is -1.04. The van der Waals surface area contributed by atoms with Crippen LogP contribution in [0.5, 0.6) is 0 Å². The maximum atomic E-state index is 12.3. The highest BCUT2D eigenvalue weighted by molar-refractivity contribution is 6.01. The highest BCUT2D eigenvalue weighted by Gasteiger charge is 2.52. The van der Waals surface area contributed by atoms with Gasteiger partial charge in [-0.1, -0.05) is 6.07 Å². The minimum Gasteiger partial charge on any atom is -0.465 e. The molecule has 108 valence electrons. The van der Waals surface area contributed by atoms with Gasteiger partial charge in [0, 0.05) is 5.69 Å². The monoisotopic (exact) mass is 277 g/mol. The molecule has 0 unspecified atom stereocenters. The van der Waals surface area contributed by atoms with Crippen LogP contribution in [0.15, 0.2) is 18.2 Å². The van der Waals surface area contributed by atoms with Gasteiger partial charge in [0.25, 0.3) is 0 Å². The molecule has 0 fully saturated rings. The number of hydrogen-bond donors (Lipinski definition) is 1. The average molecular weight is 277 g/mol. The third-order valence-corrected chi connectivity index (χ3v) is 3.55. The van der Waals surface area contributed by atoms with Gasteiger partial charge in [-0.2, -0.15) is 0 Å². The van der Waals surface area contributed by atoms with Gasteiger partial charge in [-0.25, -0.2) is 0 Å². The second-order valence-electron chi connectivity index (χ2n) is 4.90. The number of rotatable bonds is 4. The van der Waals surface area contributed by atoms with Gasteiger partial charge >= 0.3 is 11.9 Å². The van der Waals surface area contributed by atoms with E-state index < -0.39 is 17.4 Å². The molecule has 1 aliphatic carbocycles. The molecule has 0 aliphatic heterocycles. The van der Waals surface area contributed by atoms with Crippen molar-refractivity contribution in [2.24, 2.45) is 5.41 Å². The summed E-state index contributed by atoms with van der Waals surface area (Å²) in [6, 6.07) is 5.42. The van der Waals surface area contributed by atoms with E-state index in [4.69, 9.17) is 15.2 Å². The third-order valence-electron chi connectivity index (χ3n) is 3.55. The first-order chi connectivity index (χ1) is 9.53. The lowest BCUT2D eigenvalue weighted by Gasteiger charge is -2.23. The van der Waals surface area contributed by atoms with Crippen molar-refractivity contribution in [3.8, 4) is 0 Å². The van der Waals surface area contributed by atoms with Crippen molar-refractivity contribution in [1.82, 2.24) is 0 Å². The van der Waals surface area contributed by atoms with Gasteiger partial charge in [0.15, 0.2) is 5.41 Å².